The van der Waals surface area contributed by atoms with Crippen molar-refractivity contribution in [2.45, 2.75) is 33.2 Å². The summed E-state index contributed by atoms with van der Waals surface area (Å²) in [7, 11) is 0. The number of nitrogens with one attached hydrogen (secondary N) is 1. The molecular formula is C15H21FN2O3. The maximum atomic E-state index is 13.2. The predicted octanol–water partition coefficient (Wildman–Crippen LogP) is 2.86. The van der Waals surface area contributed by atoms with Crippen LogP contribution in [-0.4, -0.2) is 29.7 Å². The molecule has 0 saturated carbocycles. The SMILES string of the molecule is CCN(C(=O)N[C@H](CC(C)C)C(=O)O)c1cccc(F)c1. The van der Waals surface area contributed by atoms with E-state index in [1.165, 1.54) is 23.1 Å². The van der Waals surface area contributed by atoms with Crippen molar-refractivity contribution in [1.29, 1.82) is 0 Å². The fourth-order valence-electron chi connectivity index (χ4n) is 2.01. The van der Waals surface area contributed by atoms with Gasteiger partial charge in [0.2, 0.25) is 0 Å². The molecule has 5 nitrogen and oxygen atoms in total. The fraction of sp³-hybridized carbons (Fsp3) is 0.467. The molecule has 0 aliphatic heterocycles. The standard InChI is InChI=1S/C15H21FN2O3/c1-4-18(12-7-5-6-11(16)9-12)15(21)17-13(14(19)20)8-10(2)3/h5-7,9-10,13H,4,8H2,1-3H3,(H,17,21)(H,19,20)/t13-/m1/s1. The number of nitrogens with zero attached hydrogens (tertiary/aromatic N) is 1. The van der Waals surface area contributed by atoms with Gasteiger partial charge in [0.15, 0.2) is 0 Å². The van der Waals surface area contributed by atoms with Gasteiger partial charge < -0.3 is 10.4 Å². The zero-order valence-electron chi connectivity index (χ0n) is 12.5. The van der Waals surface area contributed by atoms with Gasteiger partial charge >= 0.3 is 12.0 Å². The molecular weight excluding hydrogens is 275 g/mol. The van der Waals surface area contributed by atoms with Crippen LogP contribution in [0.2, 0.25) is 0 Å². The average Bonchev–Trinajstić information content (AvgIpc) is 2.38. The molecule has 0 bridgehead atoms. The first-order valence-corrected chi connectivity index (χ1v) is 6.91. The zero-order valence-corrected chi connectivity index (χ0v) is 12.5. The van der Waals surface area contributed by atoms with E-state index in [-0.39, 0.29) is 5.92 Å². The van der Waals surface area contributed by atoms with E-state index >= 15 is 0 Å². The van der Waals surface area contributed by atoms with Gasteiger partial charge in [-0.05, 0) is 37.5 Å². The van der Waals surface area contributed by atoms with Gasteiger partial charge in [-0.15, -0.1) is 0 Å². The lowest BCUT2D eigenvalue weighted by Crippen LogP contribution is -2.48. The van der Waals surface area contributed by atoms with Crippen LogP contribution in [-0.2, 0) is 4.79 Å². The van der Waals surface area contributed by atoms with Gasteiger partial charge in [-0.2, -0.15) is 0 Å². The number of carbonyl (C=O) groups is 2. The quantitative estimate of drug-likeness (QED) is 0.848. The topological polar surface area (TPSA) is 69.6 Å². The number of hydrogen-bond acceptors (Lipinski definition) is 2. The summed E-state index contributed by atoms with van der Waals surface area (Å²) >= 11 is 0. The summed E-state index contributed by atoms with van der Waals surface area (Å²) < 4.78 is 13.2. The summed E-state index contributed by atoms with van der Waals surface area (Å²) in [6, 6.07) is 4.12. The Bertz CT molecular complexity index is 505. The van der Waals surface area contributed by atoms with Gasteiger partial charge in [-0.1, -0.05) is 19.9 Å². The Balaban J connectivity index is 2.85. The summed E-state index contributed by atoms with van der Waals surface area (Å²) in [6.07, 6.45) is 0.335. The molecule has 6 heteroatoms. The maximum absolute atomic E-state index is 13.2. The van der Waals surface area contributed by atoms with Crippen LogP contribution < -0.4 is 10.2 Å². The van der Waals surface area contributed by atoms with Crippen molar-refractivity contribution in [3.05, 3.63) is 30.1 Å². The molecule has 1 rings (SSSR count). The maximum Gasteiger partial charge on any atom is 0.326 e. The Morgan fingerprint density at radius 3 is 2.52 bits per heavy atom. The summed E-state index contributed by atoms with van der Waals surface area (Å²) in [5.41, 5.74) is 0.392. The van der Waals surface area contributed by atoms with Gasteiger partial charge in [0.25, 0.3) is 0 Å². The van der Waals surface area contributed by atoms with Crippen LogP contribution in [0.1, 0.15) is 27.2 Å². The van der Waals surface area contributed by atoms with E-state index in [1.54, 1.807) is 13.0 Å². The van der Waals surface area contributed by atoms with Crippen molar-refractivity contribution in [2.24, 2.45) is 5.92 Å². The van der Waals surface area contributed by atoms with E-state index < -0.39 is 23.9 Å². The molecule has 0 fully saturated rings. The number of rotatable bonds is 6. The van der Waals surface area contributed by atoms with Gasteiger partial charge in [-0.25, -0.2) is 14.0 Å². The molecule has 0 aliphatic rings. The monoisotopic (exact) mass is 296 g/mol. The van der Waals surface area contributed by atoms with E-state index in [2.05, 4.69) is 5.32 Å². The highest BCUT2D eigenvalue weighted by Crippen LogP contribution is 2.16. The third-order valence-electron chi connectivity index (χ3n) is 2.98. The second-order valence-electron chi connectivity index (χ2n) is 5.19. The number of carboxylic acid groups (broad SMARTS) is 1. The molecule has 0 heterocycles. The number of anilines is 1. The third kappa shape index (κ3) is 5.06. The predicted molar refractivity (Wildman–Crippen MR) is 78.8 cm³/mol. The zero-order chi connectivity index (χ0) is 16.0. The van der Waals surface area contributed by atoms with Crippen molar-refractivity contribution in [1.82, 2.24) is 5.32 Å². The van der Waals surface area contributed by atoms with Crippen molar-refractivity contribution in [3.63, 3.8) is 0 Å². The normalized spacial score (nSPS) is 12.0. The lowest BCUT2D eigenvalue weighted by atomic mass is 10.0. The van der Waals surface area contributed by atoms with Crippen LogP contribution in [0.5, 0.6) is 0 Å². The first kappa shape index (κ1) is 16.9. The number of aliphatic carboxylic acids is 1. The van der Waals surface area contributed by atoms with Gasteiger partial charge in [0.1, 0.15) is 11.9 Å². The molecule has 1 atom stereocenters. The number of urea groups is 1. The Labute approximate surface area is 123 Å². The molecule has 1 aromatic carbocycles. The Hall–Kier alpha value is -2.11. The smallest absolute Gasteiger partial charge is 0.326 e. The number of carboxylic acids is 1. The van der Waals surface area contributed by atoms with Crippen molar-refractivity contribution in [2.75, 3.05) is 11.4 Å². The molecule has 0 aromatic heterocycles. The number of amides is 2. The molecule has 2 amide bonds. The highest BCUT2D eigenvalue weighted by atomic mass is 19.1. The fourth-order valence-corrected chi connectivity index (χ4v) is 2.01. The number of hydrogen-bond donors (Lipinski definition) is 2. The number of benzene rings is 1. The third-order valence-corrected chi connectivity index (χ3v) is 2.98. The van der Waals surface area contributed by atoms with Crippen LogP contribution >= 0.6 is 0 Å². The minimum atomic E-state index is -1.08. The van der Waals surface area contributed by atoms with Crippen LogP contribution in [0.25, 0.3) is 0 Å². The summed E-state index contributed by atoms with van der Waals surface area (Å²) in [5.74, 6) is -1.39. The van der Waals surface area contributed by atoms with E-state index in [1.807, 2.05) is 13.8 Å². The summed E-state index contributed by atoms with van der Waals surface area (Å²) in [5, 5.41) is 11.6. The summed E-state index contributed by atoms with van der Waals surface area (Å²) in [6.45, 7) is 5.81. The van der Waals surface area contributed by atoms with Gasteiger partial charge in [-0.3, -0.25) is 4.90 Å². The largest absolute Gasteiger partial charge is 0.480 e. The molecule has 1 aromatic rings. The van der Waals surface area contributed by atoms with E-state index in [4.69, 9.17) is 5.11 Å². The van der Waals surface area contributed by atoms with Crippen LogP contribution in [0.3, 0.4) is 0 Å². The van der Waals surface area contributed by atoms with Crippen LogP contribution in [0.4, 0.5) is 14.9 Å². The Morgan fingerprint density at radius 1 is 1.38 bits per heavy atom. The molecule has 21 heavy (non-hydrogen) atoms. The van der Waals surface area contributed by atoms with Crippen molar-refractivity contribution >= 4 is 17.7 Å². The highest BCUT2D eigenvalue weighted by Gasteiger charge is 2.24. The molecule has 2 N–H and O–H groups in total. The average molecular weight is 296 g/mol. The van der Waals surface area contributed by atoms with Gasteiger partial charge in [0.05, 0.1) is 0 Å². The molecule has 116 valence electrons. The first-order valence-electron chi connectivity index (χ1n) is 6.91. The Kier molecular flexibility index (Phi) is 6.14. The molecule has 0 spiro atoms. The number of carbonyl (C=O) groups excluding carboxylic acids is 1. The second kappa shape index (κ2) is 7.61. The molecule has 0 radical (unpaired) electrons. The van der Waals surface area contributed by atoms with Gasteiger partial charge in [0, 0.05) is 12.2 Å². The lowest BCUT2D eigenvalue weighted by molar-refractivity contribution is -0.139. The highest BCUT2D eigenvalue weighted by molar-refractivity contribution is 5.94. The van der Waals surface area contributed by atoms with E-state index in [9.17, 15) is 14.0 Å². The van der Waals surface area contributed by atoms with Crippen molar-refractivity contribution in [3.8, 4) is 0 Å². The first-order chi connectivity index (χ1) is 9.85. The molecule has 0 saturated heterocycles. The minimum absolute atomic E-state index is 0.135. The van der Waals surface area contributed by atoms with E-state index in [0.717, 1.165) is 0 Å². The Morgan fingerprint density at radius 2 is 2.05 bits per heavy atom. The number of halogens is 1. The molecule has 0 unspecified atom stereocenters. The van der Waals surface area contributed by atoms with Crippen LogP contribution in [0.15, 0.2) is 24.3 Å². The lowest BCUT2D eigenvalue weighted by Gasteiger charge is -2.24. The second-order valence-corrected chi connectivity index (χ2v) is 5.19. The summed E-state index contributed by atoms with van der Waals surface area (Å²) in [4.78, 5) is 24.7. The van der Waals surface area contributed by atoms with Crippen LogP contribution in [0, 0.1) is 11.7 Å². The minimum Gasteiger partial charge on any atom is -0.480 e. The molecule has 0 aliphatic carbocycles. The van der Waals surface area contributed by atoms with Crippen molar-refractivity contribution < 1.29 is 19.1 Å². The van der Waals surface area contributed by atoms with E-state index in [0.29, 0.717) is 18.7 Å².